The third-order valence-corrected chi connectivity index (χ3v) is 4.93. The molecule has 138 valence electrons. The molecule has 1 aliphatic rings. The summed E-state index contributed by atoms with van der Waals surface area (Å²) in [7, 11) is 0. The van der Waals surface area contributed by atoms with Crippen LogP contribution < -0.4 is 14.8 Å². The first-order chi connectivity index (χ1) is 12.2. The molecular weight excluding hydrogens is 350 g/mol. The van der Waals surface area contributed by atoms with Gasteiger partial charge in [0.05, 0.1) is 6.04 Å². The molecule has 0 saturated carbocycles. The van der Waals surface area contributed by atoms with Crippen molar-refractivity contribution in [1.82, 2.24) is 5.32 Å². The normalized spacial score (nSPS) is 19.0. The van der Waals surface area contributed by atoms with E-state index >= 15 is 0 Å². The van der Waals surface area contributed by atoms with Crippen molar-refractivity contribution >= 4 is 17.5 Å². The molecule has 0 fully saturated rings. The van der Waals surface area contributed by atoms with Crippen LogP contribution in [0.3, 0.4) is 0 Å². The van der Waals surface area contributed by atoms with Gasteiger partial charge in [-0.2, -0.15) is 0 Å². The molecule has 0 unspecified atom stereocenters. The summed E-state index contributed by atoms with van der Waals surface area (Å²) in [5.74, 6) is 1.29. The fraction of sp³-hybridized carbons (Fsp3) is 0.381. The van der Waals surface area contributed by atoms with E-state index in [1.165, 1.54) is 0 Å². The number of carbonyl (C=O) groups excluding carboxylic acids is 1. The van der Waals surface area contributed by atoms with Gasteiger partial charge in [-0.05, 0) is 57.5 Å². The molecule has 26 heavy (non-hydrogen) atoms. The number of halogens is 1. The van der Waals surface area contributed by atoms with Gasteiger partial charge in [0.2, 0.25) is 0 Å². The third kappa shape index (κ3) is 4.13. The van der Waals surface area contributed by atoms with Crippen LogP contribution in [-0.4, -0.2) is 17.6 Å². The second kappa shape index (κ2) is 7.20. The van der Waals surface area contributed by atoms with E-state index < -0.39 is 6.10 Å². The number of fused-ring (bicyclic) bond motifs is 1. The minimum absolute atomic E-state index is 0.111. The van der Waals surface area contributed by atoms with Gasteiger partial charge in [0, 0.05) is 17.0 Å². The van der Waals surface area contributed by atoms with E-state index in [2.05, 4.69) is 5.32 Å². The summed E-state index contributed by atoms with van der Waals surface area (Å²) < 4.78 is 11.8. The smallest absolute Gasteiger partial charge is 0.261 e. The van der Waals surface area contributed by atoms with Gasteiger partial charge < -0.3 is 14.8 Å². The Balaban J connectivity index is 1.71. The minimum Gasteiger partial charge on any atom is -0.487 e. The van der Waals surface area contributed by atoms with Crippen LogP contribution in [0.2, 0.25) is 5.02 Å². The number of carbonyl (C=O) groups is 1. The van der Waals surface area contributed by atoms with Crippen molar-refractivity contribution in [3.05, 3.63) is 58.6 Å². The number of aryl methyl sites for hydroxylation is 1. The lowest BCUT2D eigenvalue weighted by atomic mass is 9.89. The first kappa shape index (κ1) is 18.6. The Morgan fingerprint density at radius 2 is 2.04 bits per heavy atom. The Bertz CT molecular complexity index is 819. The zero-order valence-electron chi connectivity index (χ0n) is 15.5. The van der Waals surface area contributed by atoms with Crippen molar-refractivity contribution in [2.45, 2.75) is 51.9 Å². The van der Waals surface area contributed by atoms with E-state index in [1.54, 1.807) is 19.1 Å². The van der Waals surface area contributed by atoms with Gasteiger partial charge in [0.25, 0.3) is 5.91 Å². The summed E-state index contributed by atoms with van der Waals surface area (Å²) in [6, 6.07) is 13.1. The molecule has 0 aromatic heterocycles. The second-order valence-corrected chi connectivity index (χ2v) is 7.74. The number of amides is 1. The van der Waals surface area contributed by atoms with E-state index in [0.717, 1.165) is 16.9 Å². The maximum atomic E-state index is 12.7. The molecule has 1 amide bonds. The van der Waals surface area contributed by atoms with Gasteiger partial charge in [-0.3, -0.25) is 4.79 Å². The molecule has 2 atom stereocenters. The zero-order valence-corrected chi connectivity index (χ0v) is 16.3. The standard InChI is InChI=1S/C21H24ClNO3/c1-13-11-15(9-10-17(13)22)25-14(2)20(24)23-18-12-21(3,4)26-19-8-6-5-7-16(18)19/h5-11,14,18H,12H2,1-4H3,(H,23,24)/t14-,18+/m0/s1. The summed E-state index contributed by atoms with van der Waals surface area (Å²) in [6.45, 7) is 7.70. The molecule has 1 aliphatic heterocycles. The van der Waals surface area contributed by atoms with Gasteiger partial charge in [-0.25, -0.2) is 0 Å². The summed E-state index contributed by atoms with van der Waals surface area (Å²) in [5, 5.41) is 3.78. The van der Waals surface area contributed by atoms with Crippen LogP contribution in [0.4, 0.5) is 0 Å². The molecule has 0 bridgehead atoms. The monoisotopic (exact) mass is 373 g/mol. The molecule has 1 N–H and O–H groups in total. The molecule has 0 aliphatic carbocycles. The molecule has 2 aromatic carbocycles. The third-order valence-electron chi connectivity index (χ3n) is 4.50. The maximum absolute atomic E-state index is 12.7. The number of nitrogens with one attached hydrogen (secondary N) is 1. The second-order valence-electron chi connectivity index (χ2n) is 7.34. The van der Waals surface area contributed by atoms with Crippen LogP contribution in [0.1, 0.15) is 44.4 Å². The average Bonchev–Trinajstić information content (AvgIpc) is 2.57. The van der Waals surface area contributed by atoms with Crippen molar-refractivity contribution in [2.24, 2.45) is 0 Å². The number of para-hydroxylation sites is 1. The Labute approximate surface area is 159 Å². The van der Waals surface area contributed by atoms with Crippen molar-refractivity contribution < 1.29 is 14.3 Å². The number of benzene rings is 2. The summed E-state index contributed by atoms with van der Waals surface area (Å²) >= 11 is 6.04. The highest BCUT2D eigenvalue weighted by Gasteiger charge is 2.35. The van der Waals surface area contributed by atoms with Crippen LogP contribution in [0, 0.1) is 6.92 Å². The fourth-order valence-electron chi connectivity index (χ4n) is 3.17. The SMILES string of the molecule is Cc1cc(O[C@@H](C)C(=O)N[C@@H]2CC(C)(C)Oc3ccccc32)ccc1Cl. The van der Waals surface area contributed by atoms with Crippen molar-refractivity contribution in [1.29, 1.82) is 0 Å². The van der Waals surface area contributed by atoms with E-state index in [4.69, 9.17) is 21.1 Å². The van der Waals surface area contributed by atoms with Crippen molar-refractivity contribution in [2.75, 3.05) is 0 Å². The molecule has 0 spiro atoms. The first-order valence-electron chi connectivity index (χ1n) is 8.76. The molecule has 4 nitrogen and oxygen atoms in total. The van der Waals surface area contributed by atoms with Gasteiger partial charge in [-0.1, -0.05) is 29.8 Å². The Morgan fingerprint density at radius 1 is 1.31 bits per heavy atom. The molecule has 1 heterocycles. The minimum atomic E-state index is -0.617. The Kier molecular flexibility index (Phi) is 5.15. The van der Waals surface area contributed by atoms with E-state index in [-0.39, 0.29) is 17.6 Å². The van der Waals surface area contributed by atoms with E-state index in [0.29, 0.717) is 17.2 Å². The van der Waals surface area contributed by atoms with Crippen molar-refractivity contribution in [3.63, 3.8) is 0 Å². The highest BCUT2D eigenvalue weighted by Crippen LogP contribution is 2.39. The topological polar surface area (TPSA) is 47.6 Å². The van der Waals surface area contributed by atoms with E-state index in [1.807, 2.05) is 51.1 Å². The number of hydrogen-bond donors (Lipinski definition) is 1. The molecule has 5 heteroatoms. The zero-order chi connectivity index (χ0) is 18.9. The quantitative estimate of drug-likeness (QED) is 0.834. The summed E-state index contributed by atoms with van der Waals surface area (Å²) in [4.78, 5) is 12.7. The van der Waals surface area contributed by atoms with Gasteiger partial charge in [0.1, 0.15) is 17.1 Å². The van der Waals surface area contributed by atoms with Crippen LogP contribution in [0.15, 0.2) is 42.5 Å². The predicted molar refractivity (Wildman–Crippen MR) is 103 cm³/mol. The van der Waals surface area contributed by atoms with Crippen LogP contribution >= 0.6 is 11.6 Å². The number of rotatable bonds is 4. The lowest BCUT2D eigenvalue weighted by Crippen LogP contribution is -2.44. The lowest BCUT2D eigenvalue weighted by Gasteiger charge is -2.38. The molecular formula is C21H24ClNO3. The number of ether oxygens (including phenoxy) is 2. The Morgan fingerprint density at radius 3 is 2.77 bits per heavy atom. The highest BCUT2D eigenvalue weighted by molar-refractivity contribution is 6.31. The molecule has 0 radical (unpaired) electrons. The van der Waals surface area contributed by atoms with Crippen LogP contribution in [0.25, 0.3) is 0 Å². The van der Waals surface area contributed by atoms with E-state index in [9.17, 15) is 4.79 Å². The lowest BCUT2D eigenvalue weighted by molar-refractivity contribution is -0.128. The van der Waals surface area contributed by atoms with Crippen molar-refractivity contribution in [3.8, 4) is 11.5 Å². The number of hydrogen-bond acceptors (Lipinski definition) is 3. The van der Waals surface area contributed by atoms with Gasteiger partial charge >= 0.3 is 0 Å². The highest BCUT2D eigenvalue weighted by atomic mass is 35.5. The first-order valence-corrected chi connectivity index (χ1v) is 9.14. The van der Waals surface area contributed by atoms with Crippen LogP contribution in [0.5, 0.6) is 11.5 Å². The molecule has 2 aromatic rings. The Hall–Kier alpha value is -2.20. The maximum Gasteiger partial charge on any atom is 0.261 e. The molecule has 0 saturated heterocycles. The summed E-state index contributed by atoms with van der Waals surface area (Å²) in [6.07, 6.45) is 0.0800. The fourth-order valence-corrected chi connectivity index (χ4v) is 3.29. The average molecular weight is 374 g/mol. The van der Waals surface area contributed by atoms with Gasteiger partial charge in [0.15, 0.2) is 6.10 Å². The predicted octanol–water partition coefficient (Wildman–Crippen LogP) is 4.83. The summed E-state index contributed by atoms with van der Waals surface area (Å²) in [5.41, 5.74) is 1.57. The largest absolute Gasteiger partial charge is 0.487 e. The van der Waals surface area contributed by atoms with Crippen LogP contribution in [-0.2, 0) is 4.79 Å². The molecule has 3 rings (SSSR count). The van der Waals surface area contributed by atoms with Gasteiger partial charge in [-0.15, -0.1) is 0 Å².